The number of hydrogen-bond donors (Lipinski definition) is 0. The van der Waals surface area contributed by atoms with Gasteiger partial charge >= 0.3 is 11.9 Å². The van der Waals surface area contributed by atoms with Crippen LogP contribution in [0.3, 0.4) is 0 Å². The van der Waals surface area contributed by atoms with Crippen LogP contribution in [0.15, 0.2) is 12.2 Å². The lowest BCUT2D eigenvalue weighted by Gasteiger charge is -2.61. The minimum atomic E-state index is -0.154. The van der Waals surface area contributed by atoms with E-state index < -0.39 is 0 Å². The second-order valence-electron chi connectivity index (χ2n) is 10.6. The van der Waals surface area contributed by atoms with Crippen LogP contribution >= 0.6 is 0 Å². The quantitative estimate of drug-likeness (QED) is 0.490. The SMILES string of the molecule is C=C1CC2(C)C(OC(C)=O)CCC2C2CC[C@H]3CC(OC(C)=O)CCC3(C)C12. The molecule has 7 unspecified atom stereocenters. The van der Waals surface area contributed by atoms with Gasteiger partial charge in [0, 0.05) is 19.3 Å². The van der Waals surface area contributed by atoms with Gasteiger partial charge in [-0.2, -0.15) is 0 Å². The molecule has 4 nitrogen and oxygen atoms in total. The van der Waals surface area contributed by atoms with Gasteiger partial charge in [0.15, 0.2) is 0 Å². The van der Waals surface area contributed by atoms with Crippen molar-refractivity contribution < 1.29 is 19.1 Å². The molecular formula is C24H36O4. The van der Waals surface area contributed by atoms with Gasteiger partial charge in [0.1, 0.15) is 12.2 Å². The van der Waals surface area contributed by atoms with E-state index in [0.717, 1.165) is 32.1 Å². The monoisotopic (exact) mass is 388 g/mol. The Morgan fingerprint density at radius 3 is 2.36 bits per heavy atom. The lowest BCUT2D eigenvalue weighted by Crippen LogP contribution is -2.55. The Morgan fingerprint density at radius 1 is 0.964 bits per heavy atom. The fourth-order valence-corrected chi connectivity index (χ4v) is 8.00. The molecule has 0 aromatic rings. The number of rotatable bonds is 2. The third-order valence-corrected chi connectivity index (χ3v) is 9.00. The summed E-state index contributed by atoms with van der Waals surface area (Å²) in [7, 11) is 0. The van der Waals surface area contributed by atoms with E-state index in [4.69, 9.17) is 9.47 Å². The molecule has 0 saturated heterocycles. The molecule has 0 aromatic carbocycles. The minimum absolute atomic E-state index is 0.0398. The molecule has 0 N–H and O–H groups in total. The van der Waals surface area contributed by atoms with E-state index in [1.54, 1.807) is 0 Å². The molecule has 4 rings (SSSR count). The van der Waals surface area contributed by atoms with E-state index in [-0.39, 0.29) is 35.0 Å². The molecule has 0 aromatic heterocycles. The van der Waals surface area contributed by atoms with Crippen molar-refractivity contribution in [2.45, 2.75) is 91.3 Å². The van der Waals surface area contributed by atoms with Gasteiger partial charge in [0.05, 0.1) is 0 Å². The van der Waals surface area contributed by atoms with Crippen molar-refractivity contribution in [2.75, 3.05) is 0 Å². The van der Waals surface area contributed by atoms with E-state index in [2.05, 4.69) is 20.4 Å². The molecule has 28 heavy (non-hydrogen) atoms. The van der Waals surface area contributed by atoms with E-state index in [9.17, 15) is 9.59 Å². The zero-order valence-electron chi connectivity index (χ0n) is 18.0. The highest BCUT2D eigenvalue weighted by Gasteiger charge is 2.62. The number of carbonyl (C=O) groups excluding carboxylic acids is 2. The number of esters is 2. The van der Waals surface area contributed by atoms with Crippen LogP contribution in [0.5, 0.6) is 0 Å². The fraction of sp³-hybridized carbons (Fsp3) is 0.833. The first kappa shape index (κ1) is 20.0. The summed E-state index contributed by atoms with van der Waals surface area (Å²) < 4.78 is 11.3. The van der Waals surface area contributed by atoms with Crippen molar-refractivity contribution in [1.29, 1.82) is 0 Å². The fourth-order valence-electron chi connectivity index (χ4n) is 8.00. The summed E-state index contributed by atoms with van der Waals surface area (Å²) in [5.41, 5.74) is 1.68. The van der Waals surface area contributed by atoms with Crippen molar-refractivity contribution in [3.63, 3.8) is 0 Å². The van der Waals surface area contributed by atoms with E-state index in [1.807, 2.05) is 0 Å². The van der Waals surface area contributed by atoms with E-state index >= 15 is 0 Å². The van der Waals surface area contributed by atoms with Crippen LogP contribution in [-0.4, -0.2) is 24.1 Å². The highest BCUT2D eigenvalue weighted by Crippen LogP contribution is 2.67. The van der Waals surface area contributed by atoms with Gasteiger partial charge in [-0.1, -0.05) is 26.0 Å². The van der Waals surface area contributed by atoms with Gasteiger partial charge in [-0.05, 0) is 80.5 Å². The molecule has 156 valence electrons. The second kappa shape index (κ2) is 6.88. The molecule has 4 aliphatic rings. The van der Waals surface area contributed by atoms with Crippen molar-refractivity contribution in [3.05, 3.63) is 12.2 Å². The normalized spacial score (nSPS) is 47.5. The van der Waals surface area contributed by atoms with Gasteiger partial charge in [-0.25, -0.2) is 0 Å². The standard InChI is InChI=1S/C24H36O4/c1-14-13-24(5)20(8-9-21(24)28-16(3)26)19-7-6-17-12-18(27-15(2)25)10-11-23(17,4)22(14)19/h17-22H,1,6-13H2,2-5H3/t17-,18?,19?,20?,21?,22?,23?,24?/m0/s1. The average Bonchev–Trinajstić information content (AvgIpc) is 2.90. The molecule has 0 amide bonds. The molecule has 0 heterocycles. The van der Waals surface area contributed by atoms with Crippen LogP contribution in [0.2, 0.25) is 0 Å². The maximum Gasteiger partial charge on any atom is 0.302 e. The van der Waals surface area contributed by atoms with Gasteiger partial charge in [-0.3, -0.25) is 9.59 Å². The highest BCUT2D eigenvalue weighted by atomic mass is 16.5. The Labute approximate surface area is 169 Å². The third-order valence-electron chi connectivity index (χ3n) is 9.00. The summed E-state index contributed by atoms with van der Waals surface area (Å²) >= 11 is 0. The summed E-state index contributed by atoms with van der Waals surface area (Å²) in [6.07, 6.45) is 8.81. The predicted octanol–water partition coefficient (Wildman–Crippen LogP) is 5.06. The zero-order chi connectivity index (χ0) is 20.3. The number of carbonyl (C=O) groups is 2. The van der Waals surface area contributed by atoms with Gasteiger partial charge < -0.3 is 9.47 Å². The van der Waals surface area contributed by atoms with E-state index in [1.165, 1.54) is 38.7 Å². The predicted molar refractivity (Wildman–Crippen MR) is 107 cm³/mol. The van der Waals surface area contributed by atoms with E-state index in [0.29, 0.717) is 23.7 Å². The van der Waals surface area contributed by atoms with Crippen LogP contribution in [0.25, 0.3) is 0 Å². The van der Waals surface area contributed by atoms with Crippen molar-refractivity contribution >= 4 is 11.9 Å². The molecule has 0 radical (unpaired) electrons. The first-order valence-electron chi connectivity index (χ1n) is 11.2. The molecule has 0 aliphatic heterocycles. The molecule has 4 heteroatoms. The zero-order valence-corrected chi connectivity index (χ0v) is 18.0. The van der Waals surface area contributed by atoms with Gasteiger partial charge in [-0.15, -0.1) is 0 Å². The summed E-state index contributed by atoms with van der Waals surface area (Å²) in [6, 6.07) is 0. The van der Waals surface area contributed by atoms with Gasteiger partial charge in [0.25, 0.3) is 0 Å². The lowest BCUT2D eigenvalue weighted by atomic mass is 9.44. The summed E-state index contributed by atoms with van der Waals surface area (Å²) in [4.78, 5) is 23.1. The topological polar surface area (TPSA) is 52.6 Å². The first-order valence-corrected chi connectivity index (χ1v) is 11.2. The summed E-state index contributed by atoms with van der Waals surface area (Å²) in [5.74, 6) is 2.13. The summed E-state index contributed by atoms with van der Waals surface area (Å²) in [5, 5.41) is 0. The van der Waals surface area contributed by atoms with Crippen LogP contribution in [0.4, 0.5) is 0 Å². The lowest BCUT2D eigenvalue weighted by molar-refractivity contribution is -0.160. The molecule has 4 aliphatic carbocycles. The Hall–Kier alpha value is -1.32. The largest absolute Gasteiger partial charge is 0.463 e. The number of ether oxygens (including phenoxy) is 2. The number of allylic oxidation sites excluding steroid dienone is 1. The average molecular weight is 389 g/mol. The molecular weight excluding hydrogens is 352 g/mol. The van der Waals surface area contributed by atoms with Crippen molar-refractivity contribution in [3.8, 4) is 0 Å². The maximum absolute atomic E-state index is 11.6. The number of hydrogen-bond acceptors (Lipinski definition) is 4. The van der Waals surface area contributed by atoms with Crippen LogP contribution in [-0.2, 0) is 19.1 Å². The van der Waals surface area contributed by atoms with Crippen molar-refractivity contribution in [1.82, 2.24) is 0 Å². The van der Waals surface area contributed by atoms with Crippen molar-refractivity contribution in [2.24, 2.45) is 34.5 Å². The molecule has 8 atom stereocenters. The highest BCUT2D eigenvalue weighted by molar-refractivity contribution is 5.66. The smallest absolute Gasteiger partial charge is 0.302 e. The first-order chi connectivity index (χ1) is 13.1. The Morgan fingerprint density at radius 2 is 1.68 bits per heavy atom. The van der Waals surface area contributed by atoms with Crippen LogP contribution in [0, 0.1) is 34.5 Å². The Bertz CT molecular complexity index is 684. The second-order valence-corrected chi connectivity index (χ2v) is 10.6. The molecule has 0 spiro atoms. The van der Waals surface area contributed by atoms with Gasteiger partial charge in [0.2, 0.25) is 0 Å². The molecule has 4 saturated carbocycles. The summed E-state index contributed by atoms with van der Waals surface area (Å²) in [6.45, 7) is 12.5. The Balaban J connectivity index is 1.57. The Kier molecular flexibility index (Phi) is 4.91. The van der Waals surface area contributed by atoms with Crippen LogP contribution in [0.1, 0.15) is 79.1 Å². The van der Waals surface area contributed by atoms with Crippen LogP contribution < -0.4 is 0 Å². The molecule has 4 fully saturated rings. The third kappa shape index (κ3) is 3.02. The molecule has 0 bridgehead atoms. The minimum Gasteiger partial charge on any atom is -0.463 e. The number of fused-ring (bicyclic) bond motifs is 5. The maximum atomic E-state index is 11.6.